The Labute approximate surface area is 237 Å². The predicted octanol–water partition coefficient (Wildman–Crippen LogP) is 2.64. The van der Waals surface area contributed by atoms with Gasteiger partial charge in [-0.2, -0.15) is 0 Å². The summed E-state index contributed by atoms with van der Waals surface area (Å²) >= 11 is 0. The highest BCUT2D eigenvalue weighted by molar-refractivity contribution is 7.91. The monoisotopic (exact) mass is 580 g/mol. The van der Waals surface area contributed by atoms with Crippen molar-refractivity contribution in [2.24, 2.45) is 17.6 Å². The molecular weight excluding hydrogens is 536 g/mol. The number of nitrogens with one attached hydrogen (secondary N) is 2. The summed E-state index contributed by atoms with van der Waals surface area (Å²) in [6, 6.07) is -1.41. The summed E-state index contributed by atoms with van der Waals surface area (Å²) < 4.78 is 31.5. The summed E-state index contributed by atoms with van der Waals surface area (Å²) in [5.41, 5.74) is 5.50. The number of alkyl carbamates (subject to hydrolysis) is 1. The van der Waals surface area contributed by atoms with Crippen molar-refractivity contribution < 1.29 is 32.3 Å². The molecule has 1 heterocycles. The summed E-state index contributed by atoms with van der Waals surface area (Å²) in [5.74, 6) is -1.45. The van der Waals surface area contributed by atoms with E-state index in [4.69, 9.17) is 10.5 Å². The Hall–Kier alpha value is -2.63. The van der Waals surface area contributed by atoms with E-state index < -0.39 is 44.8 Å². The van der Waals surface area contributed by atoms with Gasteiger partial charge in [-0.3, -0.25) is 19.1 Å². The molecule has 4 rings (SSSR count). The molecular formula is C28H44N4O7S. The van der Waals surface area contributed by atoms with Crippen LogP contribution in [0.3, 0.4) is 0 Å². The fourth-order valence-corrected chi connectivity index (χ4v) is 6.98. The molecule has 11 nitrogen and oxygen atoms in total. The summed E-state index contributed by atoms with van der Waals surface area (Å²) in [7, 11) is -3.60. The van der Waals surface area contributed by atoms with Crippen LogP contribution in [0, 0.1) is 11.8 Å². The predicted molar refractivity (Wildman–Crippen MR) is 148 cm³/mol. The highest BCUT2D eigenvalue weighted by Crippen LogP contribution is 2.44. The van der Waals surface area contributed by atoms with Gasteiger partial charge in [-0.1, -0.05) is 25.0 Å². The van der Waals surface area contributed by atoms with Gasteiger partial charge in [0.2, 0.25) is 27.7 Å². The normalized spacial score (nSPS) is 26.4. The second-order valence-corrected chi connectivity index (χ2v) is 14.3. The number of nitrogens with zero attached hydrogens (tertiary/aromatic N) is 1. The molecule has 224 valence electrons. The van der Waals surface area contributed by atoms with Crippen LogP contribution in [0.15, 0.2) is 12.2 Å². The van der Waals surface area contributed by atoms with Crippen LogP contribution >= 0.6 is 0 Å². The molecule has 0 radical (unpaired) electrons. The van der Waals surface area contributed by atoms with Crippen LogP contribution in [0.5, 0.6) is 0 Å². The van der Waals surface area contributed by atoms with Gasteiger partial charge in [0.15, 0.2) is 0 Å². The SMILES string of the molecule is CC1(S(=O)(=O)NC(=O)[C@H]2C[C@H]2/C=C\CCCCC[C@H](NC(=O)OC2CCCC2)C(=O)N2CCC[C@H]2C(N)=O)CC1. The van der Waals surface area contributed by atoms with E-state index in [1.54, 1.807) is 6.92 Å². The summed E-state index contributed by atoms with van der Waals surface area (Å²) in [6.45, 7) is 2.10. The lowest BCUT2D eigenvalue weighted by atomic mass is 10.0. The van der Waals surface area contributed by atoms with Crippen LogP contribution in [0.2, 0.25) is 0 Å². The van der Waals surface area contributed by atoms with E-state index in [-0.39, 0.29) is 23.8 Å². The molecule has 0 aromatic carbocycles. The number of unbranched alkanes of at least 4 members (excludes halogenated alkanes) is 3. The smallest absolute Gasteiger partial charge is 0.408 e. The van der Waals surface area contributed by atoms with Crippen LogP contribution in [0.25, 0.3) is 0 Å². The lowest BCUT2D eigenvalue weighted by Crippen LogP contribution is -2.53. The second-order valence-electron chi connectivity index (χ2n) is 12.1. The van der Waals surface area contributed by atoms with Crippen molar-refractivity contribution in [3.05, 3.63) is 12.2 Å². The van der Waals surface area contributed by atoms with Crippen LogP contribution < -0.4 is 15.8 Å². The highest BCUT2D eigenvalue weighted by Gasteiger charge is 2.52. The Morgan fingerprint density at radius 2 is 1.80 bits per heavy atom. The Kier molecular flexibility index (Phi) is 9.79. The van der Waals surface area contributed by atoms with Gasteiger partial charge in [0, 0.05) is 12.5 Å². The zero-order valence-corrected chi connectivity index (χ0v) is 24.3. The zero-order chi connectivity index (χ0) is 28.9. The maximum Gasteiger partial charge on any atom is 0.408 e. The Balaban J connectivity index is 1.18. The number of ether oxygens (including phenoxy) is 1. The number of allylic oxidation sites excluding steroid dienone is 2. The standard InChI is InChI=1S/C28H44N4O7S/c1-28(15-16-28)40(37,38)31-25(34)21-18-19(21)10-5-3-2-4-6-13-22(30-27(36)39-20-11-7-8-12-20)26(35)32-17-9-14-23(32)24(29)33/h5,10,19-23H,2-4,6-9,11-18H2,1H3,(H2,29,33)(H,30,36)(H,31,34)/b10-5-/t19-,21+,22+,23+/m1/s1. The average molecular weight is 581 g/mol. The first kappa shape index (κ1) is 30.3. The lowest BCUT2D eigenvalue weighted by Gasteiger charge is -2.28. The third-order valence-electron chi connectivity index (χ3n) is 8.79. The van der Waals surface area contributed by atoms with Crippen molar-refractivity contribution in [1.82, 2.24) is 14.9 Å². The third-order valence-corrected chi connectivity index (χ3v) is 11.0. The topological polar surface area (TPSA) is 165 Å². The van der Waals surface area contributed by atoms with Crippen molar-refractivity contribution in [2.45, 2.75) is 120 Å². The fraction of sp³-hybridized carbons (Fsp3) is 0.786. The molecule has 3 saturated carbocycles. The van der Waals surface area contributed by atoms with Gasteiger partial charge in [-0.15, -0.1) is 0 Å². The Morgan fingerprint density at radius 3 is 2.48 bits per heavy atom. The van der Waals surface area contributed by atoms with E-state index in [1.165, 1.54) is 4.90 Å². The van der Waals surface area contributed by atoms with Gasteiger partial charge < -0.3 is 20.7 Å². The first-order valence-electron chi connectivity index (χ1n) is 14.8. The van der Waals surface area contributed by atoms with E-state index in [0.717, 1.165) is 44.9 Å². The maximum absolute atomic E-state index is 13.3. The van der Waals surface area contributed by atoms with Crippen molar-refractivity contribution in [3.63, 3.8) is 0 Å². The molecule has 0 unspecified atom stereocenters. The Morgan fingerprint density at radius 1 is 1.07 bits per heavy atom. The van der Waals surface area contributed by atoms with Crippen molar-refractivity contribution in [3.8, 4) is 0 Å². The van der Waals surface area contributed by atoms with Crippen molar-refractivity contribution in [2.75, 3.05) is 6.54 Å². The van der Waals surface area contributed by atoms with Crippen LogP contribution in [-0.4, -0.2) is 66.6 Å². The molecule has 12 heteroatoms. The number of primary amides is 1. The van der Waals surface area contributed by atoms with Crippen LogP contribution in [0.1, 0.15) is 96.8 Å². The third kappa shape index (κ3) is 7.76. The number of carbonyl (C=O) groups is 4. The number of likely N-dealkylation sites (tertiary alicyclic amines) is 1. The van der Waals surface area contributed by atoms with E-state index in [9.17, 15) is 27.6 Å². The van der Waals surface area contributed by atoms with Gasteiger partial charge >= 0.3 is 6.09 Å². The molecule has 40 heavy (non-hydrogen) atoms. The summed E-state index contributed by atoms with van der Waals surface area (Å²) in [6.07, 6.45) is 13.7. The number of rotatable bonds is 14. The molecule has 1 aliphatic heterocycles. The molecule has 3 aliphatic carbocycles. The minimum Gasteiger partial charge on any atom is -0.446 e. The van der Waals surface area contributed by atoms with Gasteiger partial charge in [0.25, 0.3) is 0 Å². The number of carbonyl (C=O) groups excluding carboxylic acids is 4. The van der Waals surface area contributed by atoms with Crippen molar-refractivity contribution >= 4 is 33.8 Å². The minimum absolute atomic E-state index is 0.0675. The van der Waals surface area contributed by atoms with E-state index in [1.807, 2.05) is 12.2 Å². The lowest BCUT2D eigenvalue weighted by molar-refractivity contribution is -0.139. The number of nitrogens with two attached hydrogens (primary N) is 1. The van der Waals surface area contributed by atoms with Gasteiger partial charge in [0.05, 0.1) is 4.75 Å². The van der Waals surface area contributed by atoms with E-state index in [2.05, 4.69) is 10.0 Å². The molecule has 4 atom stereocenters. The Bertz CT molecular complexity index is 1100. The molecule has 4 fully saturated rings. The molecule has 0 aromatic heterocycles. The number of sulfonamides is 1. The van der Waals surface area contributed by atoms with E-state index >= 15 is 0 Å². The first-order chi connectivity index (χ1) is 19.0. The fourth-order valence-electron chi connectivity index (χ4n) is 5.68. The highest BCUT2D eigenvalue weighted by atomic mass is 32.2. The van der Waals surface area contributed by atoms with Crippen LogP contribution in [-0.2, 0) is 29.1 Å². The summed E-state index contributed by atoms with van der Waals surface area (Å²) in [5, 5.41) is 2.75. The molecule has 4 aliphatic rings. The van der Waals surface area contributed by atoms with Crippen molar-refractivity contribution in [1.29, 1.82) is 0 Å². The number of amides is 4. The average Bonchev–Trinajstić information content (AvgIpc) is 3.70. The number of hydrogen-bond donors (Lipinski definition) is 3. The largest absolute Gasteiger partial charge is 0.446 e. The van der Waals surface area contributed by atoms with E-state index in [0.29, 0.717) is 51.5 Å². The summed E-state index contributed by atoms with van der Waals surface area (Å²) in [4.78, 5) is 51.4. The molecule has 4 amide bonds. The first-order valence-corrected chi connectivity index (χ1v) is 16.3. The van der Waals surface area contributed by atoms with Gasteiger partial charge in [0.1, 0.15) is 18.2 Å². The minimum atomic E-state index is -3.60. The van der Waals surface area contributed by atoms with Crippen LogP contribution in [0.4, 0.5) is 4.79 Å². The van der Waals surface area contributed by atoms with Gasteiger partial charge in [-0.05, 0) is 89.9 Å². The molecule has 1 saturated heterocycles. The molecule has 0 aromatic rings. The maximum atomic E-state index is 13.3. The number of hydrogen-bond acceptors (Lipinski definition) is 7. The molecule has 0 bridgehead atoms. The zero-order valence-electron chi connectivity index (χ0n) is 23.4. The molecule has 4 N–H and O–H groups in total. The second kappa shape index (κ2) is 12.9. The van der Waals surface area contributed by atoms with Gasteiger partial charge in [-0.25, -0.2) is 13.2 Å². The quantitative estimate of drug-likeness (QED) is 0.210. The molecule has 0 spiro atoms.